The fraction of sp³-hybridized carbons (Fsp3) is 0.889. The van der Waals surface area contributed by atoms with Gasteiger partial charge in [0.25, 0.3) is 0 Å². The molecule has 0 bridgehead atoms. The van der Waals surface area contributed by atoms with Crippen LogP contribution in [0.1, 0.15) is 12.8 Å². The topological polar surface area (TPSA) is 30.3 Å². The van der Waals surface area contributed by atoms with E-state index < -0.39 is 0 Å². The molecule has 0 saturated carbocycles. The molecule has 0 amide bonds. The van der Waals surface area contributed by atoms with Crippen LogP contribution >= 0.6 is 0 Å². The SMILES string of the molecule is CN(CC#N)CC1CCCN1C. The molecule has 0 spiro atoms. The average Bonchev–Trinajstić information content (AvgIpc) is 2.37. The van der Waals surface area contributed by atoms with Crippen molar-refractivity contribution in [2.75, 3.05) is 33.7 Å². The van der Waals surface area contributed by atoms with Gasteiger partial charge in [0.15, 0.2) is 0 Å². The minimum absolute atomic E-state index is 0.546. The number of nitrogens with zero attached hydrogens (tertiary/aromatic N) is 3. The van der Waals surface area contributed by atoms with E-state index >= 15 is 0 Å². The second-order valence-corrected chi connectivity index (χ2v) is 3.63. The molecule has 0 radical (unpaired) electrons. The first-order valence-corrected chi connectivity index (χ1v) is 4.49. The third kappa shape index (κ3) is 2.47. The number of likely N-dealkylation sites (tertiary alicyclic amines) is 1. The molecule has 0 aromatic heterocycles. The van der Waals surface area contributed by atoms with E-state index in [-0.39, 0.29) is 0 Å². The highest BCUT2D eigenvalue weighted by Crippen LogP contribution is 2.14. The van der Waals surface area contributed by atoms with Crippen LogP contribution in [0, 0.1) is 11.3 Å². The molecule has 12 heavy (non-hydrogen) atoms. The molecule has 0 aliphatic carbocycles. The summed E-state index contributed by atoms with van der Waals surface area (Å²) in [5.41, 5.74) is 0. The van der Waals surface area contributed by atoms with Gasteiger partial charge in [-0.2, -0.15) is 5.26 Å². The molecule has 1 heterocycles. The van der Waals surface area contributed by atoms with Crippen molar-refractivity contribution in [1.82, 2.24) is 9.80 Å². The molecule has 1 aliphatic rings. The maximum atomic E-state index is 8.47. The predicted molar refractivity (Wildman–Crippen MR) is 48.8 cm³/mol. The third-order valence-corrected chi connectivity index (χ3v) is 2.53. The second kappa shape index (κ2) is 4.44. The zero-order valence-corrected chi connectivity index (χ0v) is 7.95. The van der Waals surface area contributed by atoms with Crippen molar-refractivity contribution >= 4 is 0 Å². The molecular formula is C9H17N3. The molecular weight excluding hydrogens is 150 g/mol. The molecule has 0 aromatic carbocycles. The van der Waals surface area contributed by atoms with E-state index in [9.17, 15) is 0 Å². The predicted octanol–water partition coefficient (Wildman–Crippen LogP) is 0.536. The molecule has 1 rings (SSSR count). The third-order valence-electron chi connectivity index (χ3n) is 2.53. The smallest absolute Gasteiger partial charge is 0.0864 e. The number of hydrogen-bond acceptors (Lipinski definition) is 3. The van der Waals surface area contributed by atoms with E-state index in [0.29, 0.717) is 12.6 Å². The van der Waals surface area contributed by atoms with Gasteiger partial charge in [-0.15, -0.1) is 0 Å². The number of hydrogen-bond donors (Lipinski definition) is 0. The highest BCUT2D eigenvalue weighted by atomic mass is 15.2. The number of nitriles is 1. The molecule has 3 heteroatoms. The standard InChI is InChI=1S/C9H17N3/c1-11(7-5-10)8-9-4-3-6-12(9)2/h9H,3-4,6-8H2,1-2H3. The quantitative estimate of drug-likeness (QED) is 0.575. The summed E-state index contributed by atoms with van der Waals surface area (Å²) in [4.78, 5) is 4.47. The van der Waals surface area contributed by atoms with Gasteiger partial charge in [-0.05, 0) is 33.5 Å². The van der Waals surface area contributed by atoms with E-state index in [0.717, 1.165) is 6.54 Å². The Balaban J connectivity index is 2.26. The van der Waals surface area contributed by atoms with Gasteiger partial charge < -0.3 is 4.90 Å². The van der Waals surface area contributed by atoms with Crippen LogP contribution < -0.4 is 0 Å². The fourth-order valence-electron chi connectivity index (χ4n) is 1.75. The Kier molecular flexibility index (Phi) is 3.51. The van der Waals surface area contributed by atoms with Crippen molar-refractivity contribution < 1.29 is 0 Å². The van der Waals surface area contributed by atoms with Crippen LogP contribution in [0.4, 0.5) is 0 Å². The molecule has 1 atom stereocenters. The van der Waals surface area contributed by atoms with Crippen molar-refractivity contribution in [3.63, 3.8) is 0 Å². The average molecular weight is 167 g/mol. The summed E-state index contributed by atoms with van der Waals surface area (Å²) in [6, 6.07) is 2.83. The van der Waals surface area contributed by atoms with Crippen LogP contribution in [0.2, 0.25) is 0 Å². The lowest BCUT2D eigenvalue weighted by atomic mass is 10.2. The minimum atomic E-state index is 0.546. The number of rotatable bonds is 3. The van der Waals surface area contributed by atoms with Gasteiger partial charge in [0.1, 0.15) is 0 Å². The first-order valence-electron chi connectivity index (χ1n) is 4.49. The Morgan fingerprint density at radius 2 is 2.42 bits per heavy atom. The first-order chi connectivity index (χ1) is 5.74. The fourth-order valence-corrected chi connectivity index (χ4v) is 1.75. The van der Waals surface area contributed by atoms with E-state index in [1.807, 2.05) is 7.05 Å². The minimum Gasteiger partial charge on any atom is -0.302 e. The molecule has 0 aromatic rings. The Hall–Kier alpha value is -0.590. The van der Waals surface area contributed by atoms with Crippen molar-refractivity contribution in [3.05, 3.63) is 0 Å². The summed E-state index contributed by atoms with van der Waals surface area (Å²) < 4.78 is 0. The molecule has 68 valence electrons. The summed E-state index contributed by atoms with van der Waals surface area (Å²) in [5.74, 6) is 0. The van der Waals surface area contributed by atoms with Gasteiger partial charge in [0.2, 0.25) is 0 Å². The molecule has 1 fully saturated rings. The Bertz CT molecular complexity index is 173. The Labute approximate surface area is 74.6 Å². The van der Waals surface area contributed by atoms with Crippen LogP contribution in [0.15, 0.2) is 0 Å². The lowest BCUT2D eigenvalue weighted by Gasteiger charge is -2.23. The van der Waals surface area contributed by atoms with Crippen LogP contribution in [0.25, 0.3) is 0 Å². The van der Waals surface area contributed by atoms with Crippen LogP contribution in [0.3, 0.4) is 0 Å². The van der Waals surface area contributed by atoms with E-state index in [2.05, 4.69) is 22.9 Å². The van der Waals surface area contributed by atoms with Gasteiger partial charge in [-0.3, -0.25) is 4.90 Å². The van der Waals surface area contributed by atoms with Crippen molar-refractivity contribution in [2.45, 2.75) is 18.9 Å². The number of likely N-dealkylation sites (N-methyl/N-ethyl adjacent to an activating group) is 2. The summed E-state index contributed by atoms with van der Waals surface area (Å²) in [5, 5.41) is 8.47. The summed E-state index contributed by atoms with van der Waals surface area (Å²) >= 11 is 0. The molecule has 1 saturated heterocycles. The molecule has 3 nitrogen and oxygen atoms in total. The highest BCUT2D eigenvalue weighted by molar-refractivity contribution is 4.82. The van der Waals surface area contributed by atoms with Crippen molar-refractivity contribution in [2.24, 2.45) is 0 Å². The normalized spacial score (nSPS) is 24.7. The second-order valence-electron chi connectivity index (χ2n) is 3.63. The van der Waals surface area contributed by atoms with E-state index in [4.69, 9.17) is 5.26 Å². The van der Waals surface area contributed by atoms with Crippen LogP contribution in [0.5, 0.6) is 0 Å². The Morgan fingerprint density at radius 1 is 1.67 bits per heavy atom. The van der Waals surface area contributed by atoms with E-state index in [1.54, 1.807) is 0 Å². The van der Waals surface area contributed by atoms with Gasteiger partial charge in [-0.25, -0.2) is 0 Å². The van der Waals surface area contributed by atoms with Gasteiger partial charge in [-0.1, -0.05) is 0 Å². The highest BCUT2D eigenvalue weighted by Gasteiger charge is 2.21. The molecule has 1 aliphatic heterocycles. The largest absolute Gasteiger partial charge is 0.302 e. The van der Waals surface area contributed by atoms with Gasteiger partial charge in [0, 0.05) is 12.6 Å². The molecule has 1 unspecified atom stereocenters. The maximum Gasteiger partial charge on any atom is 0.0864 e. The lowest BCUT2D eigenvalue weighted by molar-refractivity contribution is 0.233. The summed E-state index contributed by atoms with van der Waals surface area (Å²) in [7, 11) is 4.17. The van der Waals surface area contributed by atoms with Crippen molar-refractivity contribution in [1.29, 1.82) is 5.26 Å². The summed E-state index contributed by atoms with van der Waals surface area (Å²) in [6.45, 7) is 2.79. The van der Waals surface area contributed by atoms with Crippen LogP contribution in [-0.2, 0) is 0 Å². The van der Waals surface area contributed by atoms with Crippen molar-refractivity contribution in [3.8, 4) is 6.07 Å². The van der Waals surface area contributed by atoms with E-state index in [1.165, 1.54) is 19.4 Å². The Morgan fingerprint density at radius 3 is 2.92 bits per heavy atom. The summed E-state index contributed by atoms with van der Waals surface area (Å²) in [6.07, 6.45) is 2.59. The zero-order chi connectivity index (χ0) is 8.97. The van der Waals surface area contributed by atoms with Gasteiger partial charge in [0.05, 0.1) is 12.6 Å². The zero-order valence-electron chi connectivity index (χ0n) is 7.95. The monoisotopic (exact) mass is 167 g/mol. The lowest BCUT2D eigenvalue weighted by Crippen LogP contribution is -2.36. The first kappa shape index (κ1) is 9.50. The molecule has 0 N–H and O–H groups in total. The maximum absolute atomic E-state index is 8.47. The van der Waals surface area contributed by atoms with Crippen LogP contribution in [-0.4, -0.2) is 49.6 Å². The van der Waals surface area contributed by atoms with Gasteiger partial charge >= 0.3 is 0 Å².